The summed E-state index contributed by atoms with van der Waals surface area (Å²) in [5, 5.41) is 51.6. The second-order valence-electron chi connectivity index (χ2n) is 6.48. The van der Waals surface area contributed by atoms with Crippen molar-refractivity contribution in [3.05, 3.63) is 0 Å². The number of carboxylic acids is 1. The summed E-state index contributed by atoms with van der Waals surface area (Å²) in [4.78, 5) is 23.3. The lowest BCUT2D eigenvalue weighted by atomic mass is 9.88. The fourth-order valence-electron chi connectivity index (χ4n) is 2.86. The maximum atomic E-state index is 11.9. The average molecular weight is 426 g/mol. The van der Waals surface area contributed by atoms with E-state index < -0.39 is 61.1 Å². The van der Waals surface area contributed by atoms with E-state index >= 15 is 0 Å². The molecular weight excluding hydrogens is 396 g/mol. The monoisotopic (exact) mass is 426 g/mol. The smallest absolute Gasteiger partial charge is 0.364 e. The van der Waals surface area contributed by atoms with Crippen LogP contribution < -0.4 is 11.1 Å². The van der Waals surface area contributed by atoms with Crippen molar-refractivity contribution in [3.8, 4) is 0 Å². The summed E-state index contributed by atoms with van der Waals surface area (Å²) in [6, 6.07) is -1.20. The van der Waals surface area contributed by atoms with Crippen LogP contribution in [0.1, 0.15) is 19.8 Å². The molecule has 0 aromatic rings. The molecule has 12 heteroatoms. The van der Waals surface area contributed by atoms with E-state index in [4.69, 9.17) is 20.3 Å². The van der Waals surface area contributed by atoms with E-state index in [1.165, 1.54) is 6.92 Å². The van der Waals surface area contributed by atoms with E-state index in [0.29, 0.717) is 18.7 Å². The number of thioether (sulfide) groups is 1. The number of carbonyl (C=O) groups excluding carboxylic acids is 1. The van der Waals surface area contributed by atoms with E-state index in [1.807, 2.05) is 0 Å². The van der Waals surface area contributed by atoms with Crippen molar-refractivity contribution in [2.75, 3.05) is 31.3 Å². The predicted octanol–water partition coefficient (Wildman–Crippen LogP) is -2.77. The second-order valence-corrected chi connectivity index (χ2v) is 7.71. The molecule has 1 rings (SSSR count). The van der Waals surface area contributed by atoms with Crippen LogP contribution in [0.5, 0.6) is 0 Å². The van der Waals surface area contributed by atoms with Crippen molar-refractivity contribution in [2.45, 2.75) is 56.0 Å². The number of amides is 1. The molecule has 1 amide bonds. The van der Waals surface area contributed by atoms with Crippen LogP contribution in [-0.4, -0.2) is 105 Å². The Hall–Kier alpha value is -0.990. The first kappa shape index (κ1) is 25.0. The highest BCUT2D eigenvalue weighted by Gasteiger charge is 2.55. The SMILES string of the molecule is CC(=O)NC1C(O)CC(OCCCSCCN)(C(=O)O)OC1C(O)C(O)CO. The number of carboxylic acid groups (broad SMARTS) is 1. The second kappa shape index (κ2) is 11.9. The molecule has 0 saturated carbocycles. The topological polar surface area (TPSA) is 192 Å². The Labute approximate surface area is 167 Å². The first-order valence-corrected chi connectivity index (χ1v) is 10.1. The summed E-state index contributed by atoms with van der Waals surface area (Å²) in [6.07, 6.45) is -6.42. The van der Waals surface area contributed by atoms with E-state index in [1.54, 1.807) is 11.8 Å². The van der Waals surface area contributed by atoms with Gasteiger partial charge in [-0.3, -0.25) is 4.79 Å². The van der Waals surface area contributed by atoms with Gasteiger partial charge in [-0.15, -0.1) is 0 Å². The van der Waals surface area contributed by atoms with Crippen LogP contribution >= 0.6 is 11.8 Å². The van der Waals surface area contributed by atoms with Gasteiger partial charge in [-0.2, -0.15) is 11.8 Å². The molecule has 6 unspecified atom stereocenters. The zero-order valence-electron chi connectivity index (χ0n) is 15.7. The molecule has 164 valence electrons. The van der Waals surface area contributed by atoms with Crippen molar-refractivity contribution in [1.82, 2.24) is 5.32 Å². The van der Waals surface area contributed by atoms with Crippen LogP contribution in [0.3, 0.4) is 0 Å². The number of nitrogens with two attached hydrogens (primary N) is 1. The highest BCUT2D eigenvalue weighted by atomic mass is 32.2. The van der Waals surface area contributed by atoms with E-state index in [0.717, 1.165) is 5.75 Å². The minimum Gasteiger partial charge on any atom is -0.477 e. The predicted molar refractivity (Wildman–Crippen MR) is 99.5 cm³/mol. The number of nitrogens with one attached hydrogen (secondary N) is 1. The highest BCUT2D eigenvalue weighted by molar-refractivity contribution is 7.99. The Morgan fingerprint density at radius 2 is 2.07 bits per heavy atom. The van der Waals surface area contributed by atoms with Gasteiger partial charge < -0.3 is 46.1 Å². The summed E-state index contributed by atoms with van der Waals surface area (Å²) in [5.74, 6) is -2.90. The molecule has 1 aliphatic heterocycles. The largest absolute Gasteiger partial charge is 0.477 e. The summed E-state index contributed by atoms with van der Waals surface area (Å²) < 4.78 is 10.9. The lowest BCUT2D eigenvalue weighted by Crippen LogP contribution is -2.67. The van der Waals surface area contributed by atoms with Crippen molar-refractivity contribution in [2.24, 2.45) is 5.73 Å². The summed E-state index contributed by atoms with van der Waals surface area (Å²) in [6.45, 7) is 0.875. The Kier molecular flexibility index (Phi) is 10.6. The maximum Gasteiger partial charge on any atom is 0.364 e. The Morgan fingerprint density at radius 3 is 2.61 bits per heavy atom. The molecule has 1 fully saturated rings. The van der Waals surface area contributed by atoms with E-state index in [9.17, 15) is 30.0 Å². The Balaban J connectivity index is 2.96. The molecule has 6 atom stereocenters. The third-order valence-electron chi connectivity index (χ3n) is 4.22. The fraction of sp³-hybridized carbons (Fsp3) is 0.875. The van der Waals surface area contributed by atoms with Gasteiger partial charge in [0.05, 0.1) is 25.4 Å². The average Bonchev–Trinajstić information content (AvgIpc) is 2.64. The third kappa shape index (κ3) is 6.81. The van der Waals surface area contributed by atoms with Gasteiger partial charge in [0.15, 0.2) is 0 Å². The zero-order chi connectivity index (χ0) is 21.3. The number of ether oxygens (including phenoxy) is 2. The van der Waals surface area contributed by atoms with Crippen LogP contribution in [-0.2, 0) is 19.1 Å². The molecule has 0 spiro atoms. The molecule has 1 saturated heterocycles. The molecule has 0 bridgehead atoms. The first-order chi connectivity index (χ1) is 13.2. The van der Waals surface area contributed by atoms with Crippen molar-refractivity contribution < 1.29 is 44.6 Å². The number of hydrogen-bond donors (Lipinski definition) is 7. The van der Waals surface area contributed by atoms with Gasteiger partial charge >= 0.3 is 5.97 Å². The van der Waals surface area contributed by atoms with Crippen molar-refractivity contribution in [1.29, 1.82) is 0 Å². The maximum absolute atomic E-state index is 11.9. The molecular formula is C16H30N2O9S. The van der Waals surface area contributed by atoms with Crippen LogP contribution in [0.4, 0.5) is 0 Å². The molecule has 1 aliphatic rings. The lowest BCUT2D eigenvalue weighted by molar-refractivity contribution is -0.311. The Morgan fingerprint density at radius 1 is 1.39 bits per heavy atom. The first-order valence-electron chi connectivity index (χ1n) is 8.93. The van der Waals surface area contributed by atoms with E-state index in [-0.39, 0.29) is 6.61 Å². The summed E-state index contributed by atoms with van der Waals surface area (Å²) in [7, 11) is 0. The molecule has 0 radical (unpaired) electrons. The zero-order valence-corrected chi connectivity index (χ0v) is 16.5. The summed E-state index contributed by atoms with van der Waals surface area (Å²) in [5.41, 5.74) is 5.39. The molecule has 0 aromatic carbocycles. The number of aliphatic hydroxyl groups excluding tert-OH is 4. The normalized spacial score (nSPS) is 29.9. The van der Waals surface area contributed by atoms with E-state index in [2.05, 4.69) is 5.32 Å². The van der Waals surface area contributed by atoms with Gasteiger partial charge in [0, 0.05) is 25.6 Å². The quantitative estimate of drug-likeness (QED) is 0.160. The molecule has 0 aliphatic carbocycles. The van der Waals surface area contributed by atoms with Gasteiger partial charge in [-0.05, 0) is 12.2 Å². The number of aliphatic hydroxyl groups is 4. The van der Waals surface area contributed by atoms with Crippen molar-refractivity contribution >= 4 is 23.6 Å². The van der Waals surface area contributed by atoms with Gasteiger partial charge in [0.2, 0.25) is 5.91 Å². The number of aliphatic carboxylic acids is 1. The number of carbonyl (C=O) groups is 2. The van der Waals surface area contributed by atoms with Crippen LogP contribution in [0.15, 0.2) is 0 Å². The minimum atomic E-state index is -2.27. The van der Waals surface area contributed by atoms with Gasteiger partial charge in [0.1, 0.15) is 18.3 Å². The van der Waals surface area contributed by atoms with Crippen molar-refractivity contribution in [3.63, 3.8) is 0 Å². The number of hydrogen-bond acceptors (Lipinski definition) is 10. The standard InChI is InChI=1S/C16H30N2O9S/c1-9(20)18-12-10(21)7-16(15(24)25,26-4-2-5-28-6-3-17)27-14(12)13(23)11(22)8-19/h10-14,19,21-23H,2-8,17H2,1H3,(H,18,20)(H,24,25). The van der Waals surface area contributed by atoms with Crippen LogP contribution in [0.25, 0.3) is 0 Å². The Bertz CT molecular complexity index is 513. The van der Waals surface area contributed by atoms with Gasteiger partial charge in [0.25, 0.3) is 5.79 Å². The third-order valence-corrected chi connectivity index (χ3v) is 5.32. The summed E-state index contributed by atoms with van der Waals surface area (Å²) >= 11 is 1.58. The number of rotatable bonds is 12. The fourth-order valence-corrected chi connectivity index (χ4v) is 3.55. The molecule has 11 nitrogen and oxygen atoms in total. The molecule has 0 aromatic heterocycles. The molecule has 28 heavy (non-hydrogen) atoms. The molecule has 1 heterocycles. The lowest BCUT2D eigenvalue weighted by Gasteiger charge is -2.46. The van der Waals surface area contributed by atoms with Crippen LogP contribution in [0.2, 0.25) is 0 Å². The van der Waals surface area contributed by atoms with Crippen LogP contribution in [0, 0.1) is 0 Å². The van der Waals surface area contributed by atoms with Gasteiger partial charge in [-0.1, -0.05) is 0 Å². The highest BCUT2D eigenvalue weighted by Crippen LogP contribution is 2.33. The molecule has 8 N–H and O–H groups in total. The van der Waals surface area contributed by atoms with Gasteiger partial charge in [-0.25, -0.2) is 4.79 Å². The minimum absolute atomic E-state index is 0.00671.